The van der Waals surface area contributed by atoms with E-state index in [2.05, 4.69) is 28.8 Å². The van der Waals surface area contributed by atoms with E-state index in [1.165, 1.54) is 9.95 Å². The second-order valence-corrected chi connectivity index (χ2v) is 6.51. The number of rotatable bonds is 5. The molecule has 1 amide bonds. The van der Waals surface area contributed by atoms with Crippen molar-refractivity contribution in [2.45, 2.75) is 6.92 Å². The summed E-state index contributed by atoms with van der Waals surface area (Å²) >= 11 is 0.980. The molecule has 124 valence electrons. The number of amides is 1. The van der Waals surface area contributed by atoms with Crippen LogP contribution in [0.15, 0.2) is 47.3 Å². The molecule has 0 atom stereocenters. The number of fused-ring (bicyclic) bond motifs is 1. The molecule has 0 saturated carbocycles. The van der Waals surface area contributed by atoms with E-state index < -0.39 is 0 Å². The summed E-state index contributed by atoms with van der Waals surface area (Å²) in [6, 6.07) is 14.3. The summed E-state index contributed by atoms with van der Waals surface area (Å²) in [7, 11) is 1.67. The van der Waals surface area contributed by atoms with Gasteiger partial charge >= 0.3 is 4.87 Å². The Bertz CT molecular complexity index is 938. The van der Waals surface area contributed by atoms with Gasteiger partial charge in [0.05, 0.1) is 0 Å². The van der Waals surface area contributed by atoms with Crippen molar-refractivity contribution in [1.82, 2.24) is 9.88 Å². The maximum absolute atomic E-state index is 12.2. The SMILES string of the molecule is Cc1c(C(=O)NCCNc2cccc3ccccc23)sc(=O)n1C. The van der Waals surface area contributed by atoms with Gasteiger partial charge in [-0.05, 0) is 18.4 Å². The van der Waals surface area contributed by atoms with Crippen molar-refractivity contribution in [2.75, 3.05) is 18.4 Å². The lowest BCUT2D eigenvalue weighted by Gasteiger charge is -2.10. The van der Waals surface area contributed by atoms with Gasteiger partial charge in [0, 0.05) is 36.9 Å². The molecule has 0 unspecified atom stereocenters. The first kappa shape index (κ1) is 16.3. The van der Waals surface area contributed by atoms with Crippen molar-refractivity contribution in [3.05, 3.63) is 62.7 Å². The largest absolute Gasteiger partial charge is 0.383 e. The Hall–Kier alpha value is -2.60. The van der Waals surface area contributed by atoms with Gasteiger partial charge in [-0.3, -0.25) is 9.59 Å². The van der Waals surface area contributed by atoms with E-state index in [9.17, 15) is 9.59 Å². The van der Waals surface area contributed by atoms with Gasteiger partial charge in [-0.2, -0.15) is 0 Å². The highest BCUT2D eigenvalue weighted by Gasteiger charge is 2.15. The fourth-order valence-electron chi connectivity index (χ4n) is 2.56. The van der Waals surface area contributed by atoms with Gasteiger partial charge in [0.15, 0.2) is 0 Å². The molecule has 0 spiro atoms. The molecule has 0 bridgehead atoms. The highest BCUT2D eigenvalue weighted by atomic mass is 32.1. The molecule has 1 heterocycles. The summed E-state index contributed by atoms with van der Waals surface area (Å²) in [5, 5.41) is 8.54. The highest BCUT2D eigenvalue weighted by Crippen LogP contribution is 2.22. The predicted octanol–water partition coefficient (Wildman–Crippen LogP) is 2.75. The minimum absolute atomic E-state index is 0.119. The van der Waals surface area contributed by atoms with Crippen molar-refractivity contribution in [1.29, 1.82) is 0 Å². The third-order valence-corrected chi connectivity index (χ3v) is 5.15. The van der Waals surface area contributed by atoms with Crippen LogP contribution in [0.5, 0.6) is 0 Å². The quantitative estimate of drug-likeness (QED) is 0.702. The van der Waals surface area contributed by atoms with E-state index in [0.29, 0.717) is 23.7 Å². The number of nitrogens with one attached hydrogen (secondary N) is 2. The first-order chi connectivity index (χ1) is 11.6. The Morgan fingerprint density at radius 2 is 1.88 bits per heavy atom. The van der Waals surface area contributed by atoms with Crippen molar-refractivity contribution < 1.29 is 4.79 Å². The lowest BCUT2D eigenvalue weighted by Crippen LogP contribution is -2.28. The van der Waals surface area contributed by atoms with Crippen LogP contribution in [-0.4, -0.2) is 23.6 Å². The summed E-state index contributed by atoms with van der Waals surface area (Å²) < 4.78 is 1.49. The first-order valence-electron chi connectivity index (χ1n) is 7.74. The van der Waals surface area contributed by atoms with Crippen molar-refractivity contribution >= 4 is 33.7 Å². The van der Waals surface area contributed by atoms with E-state index in [0.717, 1.165) is 22.4 Å². The lowest BCUT2D eigenvalue weighted by molar-refractivity contribution is 0.0958. The number of aromatic nitrogens is 1. The number of thiazole rings is 1. The van der Waals surface area contributed by atoms with Crippen LogP contribution in [0.2, 0.25) is 0 Å². The number of carbonyl (C=O) groups excluding carboxylic acids is 1. The van der Waals surface area contributed by atoms with E-state index in [-0.39, 0.29) is 10.8 Å². The minimum atomic E-state index is -0.199. The minimum Gasteiger partial charge on any atom is -0.383 e. The Morgan fingerprint density at radius 1 is 1.12 bits per heavy atom. The fourth-order valence-corrected chi connectivity index (χ4v) is 3.46. The molecule has 2 aromatic carbocycles. The number of hydrogen-bond donors (Lipinski definition) is 2. The lowest BCUT2D eigenvalue weighted by atomic mass is 10.1. The zero-order valence-corrected chi connectivity index (χ0v) is 14.4. The average molecular weight is 341 g/mol. The predicted molar refractivity (Wildman–Crippen MR) is 99.1 cm³/mol. The molecule has 0 fully saturated rings. The van der Waals surface area contributed by atoms with Gasteiger partial charge in [0.2, 0.25) is 0 Å². The number of carbonyl (C=O) groups is 1. The van der Waals surface area contributed by atoms with Crippen LogP contribution in [0.4, 0.5) is 5.69 Å². The van der Waals surface area contributed by atoms with Gasteiger partial charge in [-0.15, -0.1) is 0 Å². The van der Waals surface area contributed by atoms with Crippen molar-refractivity contribution in [2.24, 2.45) is 7.05 Å². The van der Waals surface area contributed by atoms with E-state index in [1.54, 1.807) is 14.0 Å². The normalized spacial score (nSPS) is 10.8. The Balaban J connectivity index is 1.59. The van der Waals surface area contributed by atoms with Crippen LogP contribution >= 0.6 is 11.3 Å². The third kappa shape index (κ3) is 3.19. The maximum atomic E-state index is 12.2. The summed E-state index contributed by atoms with van der Waals surface area (Å²) in [6.45, 7) is 2.87. The molecule has 0 aliphatic heterocycles. The molecule has 0 aliphatic carbocycles. The monoisotopic (exact) mass is 341 g/mol. The molecule has 24 heavy (non-hydrogen) atoms. The average Bonchev–Trinajstić information content (AvgIpc) is 2.86. The first-order valence-corrected chi connectivity index (χ1v) is 8.56. The van der Waals surface area contributed by atoms with E-state index in [1.807, 2.05) is 24.3 Å². The van der Waals surface area contributed by atoms with Crippen LogP contribution in [0.3, 0.4) is 0 Å². The number of anilines is 1. The highest BCUT2D eigenvalue weighted by molar-refractivity contribution is 7.11. The second kappa shape index (κ2) is 6.88. The molecule has 3 aromatic rings. The Labute approximate surface area is 143 Å². The summed E-state index contributed by atoms with van der Waals surface area (Å²) in [5.74, 6) is -0.199. The Kier molecular flexibility index (Phi) is 4.66. The molecular formula is C18H19N3O2S. The topological polar surface area (TPSA) is 63.1 Å². The molecular weight excluding hydrogens is 322 g/mol. The van der Waals surface area contributed by atoms with Gasteiger partial charge in [-0.25, -0.2) is 0 Å². The molecule has 3 rings (SSSR count). The van der Waals surface area contributed by atoms with Crippen LogP contribution in [-0.2, 0) is 7.05 Å². The van der Waals surface area contributed by atoms with Gasteiger partial charge in [-0.1, -0.05) is 47.7 Å². The zero-order chi connectivity index (χ0) is 17.1. The molecule has 2 N–H and O–H groups in total. The smallest absolute Gasteiger partial charge is 0.307 e. The standard InChI is InChI=1S/C18H19N3O2S/c1-12-16(24-18(23)21(12)2)17(22)20-11-10-19-15-9-5-7-13-6-3-4-8-14(13)15/h3-9,19H,10-11H2,1-2H3,(H,20,22). The number of benzene rings is 2. The van der Waals surface area contributed by atoms with Gasteiger partial charge in [0.1, 0.15) is 4.88 Å². The van der Waals surface area contributed by atoms with Crippen LogP contribution < -0.4 is 15.5 Å². The molecule has 0 aliphatic rings. The summed E-state index contributed by atoms with van der Waals surface area (Å²) in [4.78, 5) is 24.1. The molecule has 5 nitrogen and oxygen atoms in total. The molecule has 1 aromatic heterocycles. The van der Waals surface area contributed by atoms with Crippen molar-refractivity contribution in [3.8, 4) is 0 Å². The second-order valence-electron chi connectivity index (χ2n) is 5.55. The maximum Gasteiger partial charge on any atom is 0.307 e. The van der Waals surface area contributed by atoms with Crippen LogP contribution in [0, 0.1) is 6.92 Å². The number of hydrogen-bond acceptors (Lipinski definition) is 4. The van der Waals surface area contributed by atoms with Gasteiger partial charge < -0.3 is 15.2 Å². The third-order valence-electron chi connectivity index (χ3n) is 4.02. The molecule has 0 radical (unpaired) electrons. The van der Waals surface area contributed by atoms with Gasteiger partial charge in [0.25, 0.3) is 5.91 Å². The number of nitrogens with zero attached hydrogens (tertiary/aromatic N) is 1. The fraction of sp³-hybridized carbons (Fsp3) is 0.222. The van der Waals surface area contributed by atoms with Crippen LogP contribution in [0.25, 0.3) is 10.8 Å². The Morgan fingerprint density at radius 3 is 2.62 bits per heavy atom. The van der Waals surface area contributed by atoms with Crippen molar-refractivity contribution in [3.63, 3.8) is 0 Å². The molecule has 6 heteroatoms. The van der Waals surface area contributed by atoms with E-state index >= 15 is 0 Å². The summed E-state index contributed by atoms with van der Waals surface area (Å²) in [5.41, 5.74) is 1.74. The van der Waals surface area contributed by atoms with Crippen LogP contribution in [0.1, 0.15) is 15.4 Å². The van der Waals surface area contributed by atoms with E-state index in [4.69, 9.17) is 0 Å². The summed E-state index contributed by atoms with van der Waals surface area (Å²) in [6.07, 6.45) is 0. The zero-order valence-electron chi connectivity index (χ0n) is 13.6. The molecule has 0 saturated heterocycles.